The van der Waals surface area contributed by atoms with Gasteiger partial charge in [0.1, 0.15) is 5.82 Å². The van der Waals surface area contributed by atoms with Gasteiger partial charge in [-0.3, -0.25) is 4.79 Å². The van der Waals surface area contributed by atoms with Crippen LogP contribution in [0.15, 0.2) is 45.5 Å². The molecule has 0 saturated heterocycles. The molecule has 6 heteroatoms. The smallest absolute Gasteiger partial charge is 0.312 e. The van der Waals surface area contributed by atoms with E-state index in [-0.39, 0.29) is 18.2 Å². The van der Waals surface area contributed by atoms with Gasteiger partial charge in [0.25, 0.3) is 0 Å². The number of halogens is 1. The van der Waals surface area contributed by atoms with Gasteiger partial charge in [0.2, 0.25) is 5.89 Å². The number of oxazole rings is 1. The molecule has 0 N–H and O–H groups in total. The fourth-order valence-electron chi connectivity index (χ4n) is 2.53. The van der Waals surface area contributed by atoms with E-state index in [2.05, 4.69) is 11.9 Å². The lowest BCUT2D eigenvalue weighted by Gasteiger charge is -2.03. The van der Waals surface area contributed by atoms with Gasteiger partial charge < -0.3 is 9.15 Å². The number of aromatic nitrogens is 1. The summed E-state index contributed by atoms with van der Waals surface area (Å²) in [6, 6.07) is 7.82. The maximum atomic E-state index is 13.1. The van der Waals surface area contributed by atoms with Gasteiger partial charge in [-0.25, -0.2) is 9.37 Å². The molecule has 0 aliphatic carbocycles. The second kappa shape index (κ2) is 8.76. The minimum atomic E-state index is -0.325. The lowest BCUT2D eigenvalue weighted by Crippen LogP contribution is -2.10. The van der Waals surface area contributed by atoms with Crippen LogP contribution in [0, 0.1) is 5.82 Å². The van der Waals surface area contributed by atoms with Crippen molar-refractivity contribution in [2.24, 2.45) is 0 Å². The molecule has 2 aromatic heterocycles. The number of unbranched alkanes of at least 4 members (excludes halogenated alkanes) is 2. The summed E-state index contributed by atoms with van der Waals surface area (Å²) in [5.74, 6) is 0.266. The maximum Gasteiger partial charge on any atom is 0.312 e. The quantitative estimate of drug-likeness (QED) is 0.387. The third-order valence-corrected chi connectivity index (χ3v) is 4.58. The fraction of sp³-hybridized carbons (Fsp3) is 0.300. The third-order valence-electron chi connectivity index (χ3n) is 3.89. The number of hydrogen-bond donors (Lipinski definition) is 0. The standard InChI is InChI=1S/C20H20FNO3S/c1-2-3-4-10-24-18(23)12-17-19(15-9-11-26-13-15)25-20(22-17)14-5-7-16(21)8-6-14/h5-9,11,13H,2-4,10,12H2,1H3. The van der Waals surface area contributed by atoms with E-state index in [9.17, 15) is 9.18 Å². The Hall–Kier alpha value is -2.47. The van der Waals surface area contributed by atoms with Crippen LogP contribution in [-0.2, 0) is 16.0 Å². The van der Waals surface area contributed by atoms with Gasteiger partial charge in [-0.2, -0.15) is 11.3 Å². The van der Waals surface area contributed by atoms with Crippen molar-refractivity contribution in [1.29, 1.82) is 0 Å². The van der Waals surface area contributed by atoms with E-state index in [1.807, 2.05) is 16.8 Å². The molecule has 0 aliphatic heterocycles. The zero-order valence-electron chi connectivity index (χ0n) is 14.5. The van der Waals surface area contributed by atoms with Crippen molar-refractivity contribution in [3.63, 3.8) is 0 Å². The molecule has 3 aromatic rings. The lowest BCUT2D eigenvalue weighted by atomic mass is 10.2. The predicted molar refractivity (Wildman–Crippen MR) is 99.4 cm³/mol. The Morgan fingerprint density at radius 2 is 2.00 bits per heavy atom. The Morgan fingerprint density at radius 1 is 1.19 bits per heavy atom. The Labute approximate surface area is 155 Å². The highest BCUT2D eigenvalue weighted by Gasteiger charge is 2.20. The largest absolute Gasteiger partial charge is 0.465 e. The highest BCUT2D eigenvalue weighted by atomic mass is 32.1. The molecule has 3 rings (SSSR count). The second-order valence-corrected chi connectivity index (χ2v) is 6.70. The minimum absolute atomic E-state index is 0.0437. The molecule has 0 spiro atoms. The van der Waals surface area contributed by atoms with Gasteiger partial charge in [0, 0.05) is 16.5 Å². The van der Waals surface area contributed by atoms with Crippen molar-refractivity contribution in [2.75, 3.05) is 6.61 Å². The van der Waals surface area contributed by atoms with Crippen LogP contribution >= 0.6 is 11.3 Å². The van der Waals surface area contributed by atoms with E-state index in [0.717, 1.165) is 24.8 Å². The van der Waals surface area contributed by atoms with Crippen molar-refractivity contribution in [1.82, 2.24) is 4.98 Å². The first-order valence-corrected chi connectivity index (χ1v) is 9.55. The number of carbonyl (C=O) groups excluding carboxylic acids is 1. The molecule has 0 saturated carbocycles. The molecule has 4 nitrogen and oxygen atoms in total. The molecule has 1 aromatic carbocycles. The Bertz CT molecular complexity index is 841. The molecular formula is C20H20FNO3S. The molecule has 26 heavy (non-hydrogen) atoms. The van der Waals surface area contributed by atoms with Crippen molar-refractivity contribution in [3.05, 3.63) is 52.6 Å². The molecule has 0 atom stereocenters. The van der Waals surface area contributed by atoms with Gasteiger partial charge >= 0.3 is 5.97 Å². The van der Waals surface area contributed by atoms with Crippen LogP contribution in [0.2, 0.25) is 0 Å². The normalized spacial score (nSPS) is 10.8. The first-order valence-electron chi connectivity index (χ1n) is 8.61. The molecule has 2 heterocycles. The summed E-state index contributed by atoms with van der Waals surface area (Å²) in [6.45, 7) is 2.52. The van der Waals surface area contributed by atoms with E-state index < -0.39 is 0 Å². The molecule has 0 fully saturated rings. The lowest BCUT2D eigenvalue weighted by molar-refractivity contribution is -0.143. The van der Waals surface area contributed by atoms with Crippen LogP contribution in [0.25, 0.3) is 22.8 Å². The summed E-state index contributed by atoms with van der Waals surface area (Å²) < 4.78 is 24.3. The predicted octanol–water partition coefficient (Wildman–Crippen LogP) is 5.49. The fourth-order valence-corrected chi connectivity index (χ4v) is 3.17. The van der Waals surface area contributed by atoms with E-state index in [1.165, 1.54) is 23.5 Å². The van der Waals surface area contributed by atoms with Crippen LogP contribution in [0.1, 0.15) is 31.9 Å². The Kier molecular flexibility index (Phi) is 6.17. The monoisotopic (exact) mass is 373 g/mol. The van der Waals surface area contributed by atoms with Crippen molar-refractivity contribution in [2.45, 2.75) is 32.6 Å². The Morgan fingerprint density at radius 3 is 2.69 bits per heavy atom. The van der Waals surface area contributed by atoms with Crippen LogP contribution < -0.4 is 0 Å². The first-order chi connectivity index (χ1) is 12.7. The van der Waals surface area contributed by atoms with Gasteiger partial charge in [0.15, 0.2) is 5.76 Å². The van der Waals surface area contributed by atoms with E-state index >= 15 is 0 Å². The van der Waals surface area contributed by atoms with Gasteiger partial charge in [-0.15, -0.1) is 0 Å². The van der Waals surface area contributed by atoms with Crippen LogP contribution in [0.3, 0.4) is 0 Å². The van der Waals surface area contributed by atoms with Crippen molar-refractivity contribution >= 4 is 17.3 Å². The molecule has 0 aliphatic rings. The minimum Gasteiger partial charge on any atom is -0.465 e. The number of benzene rings is 1. The van der Waals surface area contributed by atoms with E-state index in [0.29, 0.717) is 29.5 Å². The average molecular weight is 373 g/mol. The first kappa shape index (κ1) is 18.3. The SMILES string of the molecule is CCCCCOC(=O)Cc1nc(-c2ccc(F)cc2)oc1-c1ccsc1. The summed E-state index contributed by atoms with van der Waals surface area (Å²) in [6.07, 6.45) is 3.01. The van der Waals surface area contributed by atoms with Crippen molar-refractivity contribution in [3.8, 4) is 22.8 Å². The maximum absolute atomic E-state index is 13.1. The Balaban J connectivity index is 1.81. The number of hydrogen-bond acceptors (Lipinski definition) is 5. The second-order valence-electron chi connectivity index (χ2n) is 5.92. The van der Waals surface area contributed by atoms with Gasteiger partial charge in [0.05, 0.1) is 18.7 Å². The van der Waals surface area contributed by atoms with E-state index in [1.54, 1.807) is 12.1 Å². The molecule has 0 radical (unpaired) electrons. The third kappa shape index (κ3) is 4.58. The van der Waals surface area contributed by atoms with Gasteiger partial charge in [-0.05, 0) is 42.1 Å². The highest BCUT2D eigenvalue weighted by molar-refractivity contribution is 7.08. The van der Waals surface area contributed by atoms with Crippen LogP contribution in [0.5, 0.6) is 0 Å². The summed E-state index contributed by atoms with van der Waals surface area (Å²) in [7, 11) is 0. The zero-order chi connectivity index (χ0) is 18.4. The number of carbonyl (C=O) groups is 1. The molecule has 0 amide bonds. The molecule has 0 unspecified atom stereocenters. The van der Waals surface area contributed by atoms with Gasteiger partial charge in [-0.1, -0.05) is 19.8 Å². The van der Waals surface area contributed by atoms with Crippen LogP contribution in [-0.4, -0.2) is 17.6 Å². The number of nitrogens with zero attached hydrogens (tertiary/aromatic N) is 1. The number of rotatable bonds is 8. The number of thiophene rings is 1. The number of ether oxygens (including phenoxy) is 1. The van der Waals surface area contributed by atoms with Crippen LogP contribution in [0.4, 0.5) is 4.39 Å². The summed E-state index contributed by atoms with van der Waals surface area (Å²) >= 11 is 1.53. The molecular weight excluding hydrogens is 353 g/mol. The molecule has 0 bridgehead atoms. The number of esters is 1. The summed E-state index contributed by atoms with van der Waals surface area (Å²) in [4.78, 5) is 16.6. The van der Waals surface area contributed by atoms with Crippen molar-refractivity contribution < 1.29 is 18.3 Å². The summed E-state index contributed by atoms with van der Waals surface area (Å²) in [5, 5.41) is 3.87. The topological polar surface area (TPSA) is 52.3 Å². The average Bonchev–Trinajstić information content (AvgIpc) is 3.29. The molecule has 136 valence electrons. The van der Waals surface area contributed by atoms with E-state index in [4.69, 9.17) is 9.15 Å². The highest BCUT2D eigenvalue weighted by Crippen LogP contribution is 2.31. The zero-order valence-corrected chi connectivity index (χ0v) is 15.4. The summed E-state index contributed by atoms with van der Waals surface area (Å²) in [5.41, 5.74) is 2.05.